The summed E-state index contributed by atoms with van der Waals surface area (Å²) in [5, 5.41) is 15.9. The Morgan fingerprint density at radius 1 is 1.10 bits per heavy atom. The molecule has 0 saturated carbocycles. The predicted octanol–water partition coefficient (Wildman–Crippen LogP) is 4.61. The monoisotopic (exact) mass is 414 g/mol. The zero-order valence-electron chi connectivity index (χ0n) is 17.3. The highest BCUT2D eigenvalue weighted by Crippen LogP contribution is 2.28. The van der Waals surface area contributed by atoms with Crippen molar-refractivity contribution in [2.75, 3.05) is 12.4 Å². The molecule has 7 nitrogen and oxygen atoms in total. The van der Waals surface area contributed by atoms with Gasteiger partial charge in [-0.25, -0.2) is 10.2 Å². The number of carbonyl (C=O) groups excluding carboxylic acids is 1. The quantitative estimate of drug-likeness (QED) is 0.436. The van der Waals surface area contributed by atoms with Crippen LogP contribution in [0.15, 0.2) is 71.8 Å². The molecule has 0 unspecified atom stereocenters. The maximum Gasteiger partial charge on any atom is 0.339 e. The number of nitrogens with one attached hydrogen (secondary N) is 2. The van der Waals surface area contributed by atoms with Crippen LogP contribution in [0.1, 0.15) is 22.3 Å². The van der Waals surface area contributed by atoms with Crippen molar-refractivity contribution in [1.29, 1.82) is 5.26 Å². The minimum Gasteiger partial charge on any atom is -0.493 e. The van der Waals surface area contributed by atoms with E-state index < -0.39 is 6.03 Å². The fourth-order valence-corrected chi connectivity index (χ4v) is 2.82. The molecule has 31 heavy (non-hydrogen) atoms. The maximum atomic E-state index is 12.0. The second kappa shape index (κ2) is 10.5. The minimum absolute atomic E-state index is 0.244. The van der Waals surface area contributed by atoms with E-state index in [1.807, 2.05) is 49.4 Å². The number of nitrogens with zero attached hydrogens (tertiary/aromatic N) is 2. The minimum atomic E-state index is -0.436. The molecule has 7 heteroatoms. The van der Waals surface area contributed by atoms with Crippen LogP contribution in [-0.2, 0) is 6.61 Å². The average Bonchev–Trinajstić information content (AvgIpc) is 2.79. The van der Waals surface area contributed by atoms with E-state index in [0.717, 1.165) is 22.4 Å². The first-order valence-electron chi connectivity index (χ1n) is 9.55. The molecule has 0 heterocycles. The van der Waals surface area contributed by atoms with E-state index in [9.17, 15) is 10.1 Å². The summed E-state index contributed by atoms with van der Waals surface area (Å²) in [4.78, 5) is 12.0. The van der Waals surface area contributed by atoms with Gasteiger partial charge >= 0.3 is 6.03 Å². The molecular formula is C24H22N4O3. The Kier molecular flexibility index (Phi) is 7.22. The number of methoxy groups -OCH3 is 1. The van der Waals surface area contributed by atoms with Crippen molar-refractivity contribution < 1.29 is 14.3 Å². The number of nitriles is 1. The summed E-state index contributed by atoms with van der Waals surface area (Å²) in [6, 6.07) is 21.7. The van der Waals surface area contributed by atoms with E-state index in [2.05, 4.69) is 21.9 Å². The van der Waals surface area contributed by atoms with Gasteiger partial charge in [-0.15, -0.1) is 0 Å². The van der Waals surface area contributed by atoms with Crippen LogP contribution in [0.5, 0.6) is 11.5 Å². The van der Waals surface area contributed by atoms with Crippen molar-refractivity contribution in [2.45, 2.75) is 13.5 Å². The molecule has 3 aromatic carbocycles. The molecule has 0 aliphatic rings. The lowest BCUT2D eigenvalue weighted by Gasteiger charge is -2.12. The summed E-state index contributed by atoms with van der Waals surface area (Å²) >= 11 is 0. The molecule has 2 amide bonds. The number of rotatable bonds is 7. The second-order valence-corrected chi connectivity index (χ2v) is 6.61. The highest BCUT2D eigenvalue weighted by Gasteiger charge is 2.08. The number of aryl methyl sites for hydroxylation is 1. The molecule has 2 N–H and O–H groups in total. The van der Waals surface area contributed by atoms with E-state index in [-0.39, 0.29) is 6.61 Å². The van der Waals surface area contributed by atoms with Gasteiger partial charge in [0.25, 0.3) is 0 Å². The Labute approximate surface area is 180 Å². The number of para-hydroxylation sites is 1. The molecule has 0 fully saturated rings. The van der Waals surface area contributed by atoms with E-state index in [1.165, 1.54) is 6.21 Å². The Balaban J connectivity index is 1.61. The zero-order valence-corrected chi connectivity index (χ0v) is 17.3. The third-order valence-corrected chi connectivity index (χ3v) is 4.48. The van der Waals surface area contributed by atoms with Crippen LogP contribution < -0.4 is 20.2 Å². The maximum absolute atomic E-state index is 12.0. The largest absolute Gasteiger partial charge is 0.493 e. The van der Waals surface area contributed by atoms with Gasteiger partial charge in [-0.3, -0.25) is 0 Å². The molecule has 3 aromatic rings. The third kappa shape index (κ3) is 5.84. The first-order chi connectivity index (χ1) is 15.1. The van der Waals surface area contributed by atoms with Gasteiger partial charge in [0.15, 0.2) is 11.5 Å². The van der Waals surface area contributed by atoms with Gasteiger partial charge in [0.2, 0.25) is 0 Å². The molecule has 0 spiro atoms. The highest BCUT2D eigenvalue weighted by molar-refractivity contribution is 5.91. The smallest absolute Gasteiger partial charge is 0.339 e. The van der Waals surface area contributed by atoms with E-state index in [1.54, 1.807) is 31.4 Å². The van der Waals surface area contributed by atoms with Crippen LogP contribution in [0.2, 0.25) is 0 Å². The van der Waals surface area contributed by atoms with Crippen LogP contribution in [-0.4, -0.2) is 19.4 Å². The van der Waals surface area contributed by atoms with Crippen molar-refractivity contribution in [3.05, 3.63) is 89.0 Å². The molecule has 0 radical (unpaired) electrons. The van der Waals surface area contributed by atoms with Crippen LogP contribution in [0.4, 0.5) is 10.5 Å². The summed E-state index contributed by atoms with van der Waals surface area (Å²) in [6.07, 6.45) is 1.51. The fourth-order valence-electron chi connectivity index (χ4n) is 2.82. The lowest BCUT2D eigenvalue weighted by atomic mass is 10.1. The first kappa shape index (κ1) is 21.4. The number of hydrogen-bond acceptors (Lipinski definition) is 5. The van der Waals surface area contributed by atoms with Crippen molar-refractivity contribution in [3.8, 4) is 17.6 Å². The topological polar surface area (TPSA) is 95.7 Å². The number of hydrogen-bond donors (Lipinski definition) is 2. The molecule has 0 bridgehead atoms. The molecular weight excluding hydrogens is 392 g/mol. The zero-order chi connectivity index (χ0) is 22.1. The molecule has 3 rings (SSSR count). The standard InChI is InChI=1S/C24H22N4O3/c1-17-7-3-6-10-21(17)27-24(29)28-26-15-18-11-12-22(23(13-18)30-2)31-16-20-9-5-4-8-19(20)14-25/h3-13,15H,16H2,1-2H3,(H2,27,28,29). The van der Waals surface area contributed by atoms with Crippen LogP contribution in [0, 0.1) is 18.3 Å². The van der Waals surface area contributed by atoms with Crippen LogP contribution in [0.25, 0.3) is 0 Å². The van der Waals surface area contributed by atoms with Crippen molar-refractivity contribution in [3.63, 3.8) is 0 Å². The summed E-state index contributed by atoms with van der Waals surface area (Å²) in [7, 11) is 1.54. The number of carbonyl (C=O) groups is 1. The lowest BCUT2D eigenvalue weighted by molar-refractivity contribution is 0.252. The van der Waals surface area contributed by atoms with Crippen molar-refractivity contribution in [2.24, 2.45) is 5.10 Å². The van der Waals surface area contributed by atoms with E-state index in [0.29, 0.717) is 17.1 Å². The van der Waals surface area contributed by atoms with Gasteiger partial charge < -0.3 is 14.8 Å². The molecule has 0 saturated heterocycles. The average molecular weight is 414 g/mol. The number of ether oxygens (including phenoxy) is 2. The Hall–Kier alpha value is -4.31. The summed E-state index contributed by atoms with van der Waals surface area (Å²) in [5.41, 5.74) is 6.19. The lowest BCUT2D eigenvalue weighted by Crippen LogP contribution is -2.24. The van der Waals surface area contributed by atoms with Gasteiger partial charge in [-0.2, -0.15) is 10.4 Å². The predicted molar refractivity (Wildman–Crippen MR) is 119 cm³/mol. The number of amides is 2. The number of anilines is 1. The third-order valence-electron chi connectivity index (χ3n) is 4.48. The van der Waals surface area contributed by atoms with Gasteiger partial charge in [-0.1, -0.05) is 36.4 Å². The van der Waals surface area contributed by atoms with Crippen LogP contribution >= 0.6 is 0 Å². The Morgan fingerprint density at radius 2 is 1.87 bits per heavy atom. The molecule has 0 aliphatic heterocycles. The van der Waals surface area contributed by atoms with E-state index >= 15 is 0 Å². The SMILES string of the molecule is COc1cc(C=NNC(=O)Nc2ccccc2C)ccc1OCc1ccccc1C#N. The molecule has 0 aliphatic carbocycles. The summed E-state index contributed by atoms with van der Waals surface area (Å²) in [5.74, 6) is 1.06. The van der Waals surface area contributed by atoms with Crippen molar-refractivity contribution in [1.82, 2.24) is 5.43 Å². The summed E-state index contributed by atoms with van der Waals surface area (Å²) < 4.78 is 11.2. The number of hydrazone groups is 1. The highest BCUT2D eigenvalue weighted by atomic mass is 16.5. The Morgan fingerprint density at radius 3 is 2.65 bits per heavy atom. The fraction of sp³-hybridized carbons (Fsp3) is 0.125. The summed E-state index contributed by atoms with van der Waals surface area (Å²) in [6.45, 7) is 2.15. The second-order valence-electron chi connectivity index (χ2n) is 6.61. The molecule has 156 valence electrons. The van der Waals surface area contributed by atoms with Crippen LogP contribution in [0.3, 0.4) is 0 Å². The van der Waals surface area contributed by atoms with Gasteiger partial charge in [0.05, 0.1) is 25.0 Å². The van der Waals surface area contributed by atoms with Gasteiger partial charge in [0.1, 0.15) is 6.61 Å². The normalized spacial score (nSPS) is 10.4. The van der Waals surface area contributed by atoms with Gasteiger partial charge in [0, 0.05) is 11.3 Å². The number of urea groups is 1. The number of benzene rings is 3. The van der Waals surface area contributed by atoms with Crippen molar-refractivity contribution >= 4 is 17.9 Å². The van der Waals surface area contributed by atoms with Gasteiger partial charge in [-0.05, 0) is 48.4 Å². The Bertz CT molecular complexity index is 1140. The molecule has 0 aromatic heterocycles. The molecule has 0 atom stereocenters. The first-order valence-corrected chi connectivity index (χ1v) is 9.55. The van der Waals surface area contributed by atoms with E-state index in [4.69, 9.17) is 9.47 Å².